The van der Waals surface area contributed by atoms with Gasteiger partial charge in [0.2, 0.25) is 5.91 Å². The van der Waals surface area contributed by atoms with Crippen LogP contribution in [0.2, 0.25) is 0 Å². The first-order valence-electron chi connectivity index (χ1n) is 9.18. The number of imide groups is 1. The van der Waals surface area contributed by atoms with Gasteiger partial charge in [0, 0.05) is 25.6 Å². The van der Waals surface area contributed by atoms with Gasteiger partial charge in [-0.05, 0) is 36.2 Å². The molecule has 2 N–H and O–H groups in total. The summed E-state index contributed by atoms with van der Waals surface area (Å²) in [4.78, 5) is 38.1. The molecule has 2 aliphatic heterocycles. The Labute approximate surface area is 169 Å². The molecule has 3 amide bonds. The number of halogens is 1. The Morgan fingerprint density at radius 1 is 1.04 bits per heavy atom. The highest BCUT2D eigenvalue weighted by Crippen LogP contribution is 2.23. The number of rotatable bonds is 5. The zero-order valence-electron chi connectivity index (χ0n) is 15.3. The molecule has 0 fully saturated rings. The van der Waals surface area contributed by atoms with Crippen LogP contribution < -0.4 is 10.6 Å². The lowest BCUT2D eigenvalue weighted by atomic mass is 9.94. The number of hydrogen-bond donors (Lipinski definition) is 2. The van der Waals surface area contributed by atoms with Gasteiger partial charge in [0.15, 0.2) is 0 Å². The number of carbonyl (C=O) groups is 3. The lowest BCUT2D eigenvalue weighted by Crippen LogP contribution is -2.40. The van der Waals surface area contributed by atoms with Gasteiger partial charge in [0.05, 0.1) is 11.1 Å². The normalized spacial score (nSPS) is 17.6. The van der Waals surface area contributed by atoms with Gasteiger partial charge in [0.1, 0.15) is 0 Å². The molecule has 0 saturated heterocycles. The maximum Gasteiger partial charge on any atom is 0.261 e. The van der Waals surface area contributed by atoms with Crippen molar-refractivity contribution in [3.05, 3.63) is 70.8 Å². The second kappa shape index (κ2) is 8.54. The van der Waals surface area contributed by atoms with Gasteiger partial charge >= 0.3 is 0 Å². The molecule has 0 aromatic heterocycles. The Balaban J connectivity index is 0.00000225. The van der Waals surface area contributed by atoms with Crippen molar-refractivity contribution in [1.29, 1.82) is 0 Å². The zero-order chi connectivity index (χ0) is 18.8. The molecule has 2 aliphatic rings. The van der Waals surface area contributed by atoms with Gasteiger partial charge in [-0.3, -0.25) is 19.3 Å². The Morgan fingerprint density at radius 3 is 2.39 bits per heavy atom. The predicted octanol–water partition coefficient (Wildman–Crippen LogP) is 2.10. The van der Waals surface area contributed by atoms with Crippen molar-refractivity contribution >= 4 is 30.1 Å². The van der Waals surface area contributed by atoms with Gasteiger partial charge in [0.25, 0.3) is 11.8 Å². The van der Waals surface area contributed by atoms with Crippen LogP contribution in [0, 0.1) is 0 Å². The minimum absolute atomic E-state index is 0. The van der Waals surface area contributed by atoms with Gasteiger partial charge in [-0.1, -0.05) is 36.4 Å². The average molecular weight is 400 g/mol. The molecule has 146 valence electrons. The zero-order valence-corrected chi connectivity index (χ0v) is 16.1. The van der Waals surface area contributed by atoms with E-state index in [1.807, 2.05) is 12.1 Å². The van der Waals surface area contributed by atoms with Gasteiger partial charge in [-0.25, -0.2) is 0 Å². The second-order valence-electron chi connectivity index (χ2n) is 6.82. The third-order valence-corrected chi connectivity index (χ3v) is 5.16. The van der Waals surface area contributed by atoms with E-state index >= 15 is 0 Å². The van der Waals surface area contributed by atoms with Crippen LogP contribution in [-0.4, -0.2) is 42.3 Å². The van der Waals surface area contributed by atoms with E-state index in [-0.39, 0.29) is 49.1 Å². The summed E-state index contributed by atoms with van der Waals surface area (Å²) in [5.41, 5.74) is 3.34. The molecule has 0 saturated carbocycles. The second-order valence-corrected chi connectivity index (χ2v) is 6.82. The molecule has 28 heavy (non-hydrogen) atoms. The minimum atomic E-state index is -0.328. The van der Waals surface area contributed by atoms with Crippen molar-refractivity contribution in [2.45, 2.75) is 18.9 Å². The van der Waals surface area contributed by atoms with E-state index in [1.165, 1.54) is 11.1 Å². The van der Waals surface area contributed by atoms with E-state index in [9.17, 15) is 14.4 Å². The van der Waals surface area contributed by atoms with Crippen LogP contribution in [-0.2, 0) is 11.2 Å². The van der Waals surface area contributed by atoms with E-state index in [0.29, 0.717) is 17.7 Å². The Kier molecular flexibility index (Phi) is 6.11. The SMILES string of the molecule is Cl.O=C(CCN1C(=O)c2ccccc2C1=O)NCC1NCCc2ccccc21. The summed E-state index contributed by atoms with van der Waals surface area (Å²) < 4.78 is 0. The highest BCUT2D eigenvalue weighted by Gasteiger charge is 2.35. The summed E-state index contributed by atoms with van der Waals surface area (Å²) in [7, 11) is 0. The molecule has 0 radical (unpaired) electrons. The topological polar surface area (TPSA) is 78.5 Å². The first-order chi connectivity index (χ1) is 13.1. The molecule has 2 heterocycles. The third kappa shape index (κ3) is 3.79. The summed E-state index contributed by atoms with van der Waals surface area (Å²) in [6, 6.07) is 15.1. The summed E-state index contributed by atoms with van der Waals surface area (Å²) in [6.07, 6.45) is 1.08. The first kappa shape index (κ1) is 20.0. The number of fused-ring (bicyclic) bond motifs is 2. The molecular weight excluding hydrogens is 378 g/mol. The average Bonchev–Trinajstić information content (AvgIpc) is 2.95. The molecule has 6 nitrogen and oxygen atoms in total. The van der Waals surface area contributed by atoms with Crippen molar-refractivity contribution < 1.29 is 14.4 Å². The quantitative estimate of drug-likeness (QED) is 0.755. The first-order valence-corrected chi connectivity index (χ1v) is 9.18. The van der Waals surface area contributed by atoms with E-state index in [2.05, 4.69) is 22.8 Å². The maximum absolute atomic E-state index is 12.3. The molecule has 0 bridgehead atoms. The summed E-state index contributed by atoms with van der Waals surface area (Å²) in [5.74, 6) is -0.825. The summed E-state index contributed by atoms with van der Waals surface area (Å²) in [5, 5.41) is 6.34. The number of benzene rings is 2. The fraction of sp³-hybridized carbons (Fsp3) is 0.286. The maximum atomic E-state index is 12.3. The third-order valence-electron chi connectivity index (χ3n) is 5.16. The molecule has 7 heteroatoms. The highest BCUT2D eigenvalue weighted by atomic mass is 35.5. The number of amides is 3. The van der Waals surface area contributed by atoms with Crippen LogP contribution >= 0.6 is 12.4 Å². The summed E-state index contributed by atoms with van der Waals surface area (Å²) in [6.45, 7) is 1.46. The lowest BCUT2D eigenvalue weighted by Gasteiger charge is -2.27. The molecular formula is C21H22ClN3O3. The fourth-order valence-corrected chi connectivity index (χ4v) is 3.73. The number of hydrogen-bond acceptors (Lipinski definition) is 4. The van der Waals surface area contributed by atoms with E-state index in [1.54, 1.807) is 24.3 Å². The number of nitrogens with zero attached hydrogens (tertiary/aromatic N) is 1. The molecule has 1 atom stereocenters. The van der Waals surface area contributed by atoms with Crippen LogP contribution in [0.5, 0.6) is 0 Å². The predicted molar refractivity (Wildman–Crippen MR) is 108 cm³/mol. The van der Waals surface area contributed by atoms with Crippen LogP contribution in [0.4, 0.5) is 0 Å². The van der Waals surface area contributed by atoms with Crippen molar-refractivity contribution in [2.24, 2.45) is 0 Å². The van der Waals surface area contributed by atoms with E-state index < -0.39 is 0 Å². The molecule has 0 aliphatic carbocycles. The van der Waals surface area contributed by atoms with Crippen LogP contribution in [0.25, 0.3) is 0 Å². The van der Waals surface area contributed by atoms with Crippen LogP contribution in [0.15, 0.2) is 48.5 Å². The molecule has 1 unspecified atom stereocenters. The fourth-order valence-electron chi connectivity index (χ4n) is 3.73. The Morgan fingerprint density at radius 2 is 1.68 bits per heavy atom. The molecule has 2 aromatic carbocycles. The number of carbonyl (C=O) groups excluding carboxylic acids is 3. The standard InChI is InChI=1S/C21H21N3O3.ClH/c25-19(23-13-18-15-6-2-1-5-14(15)9-11-22-18)10-12-24-20(26)16-7-3-4-8-17(16)21(24)27;/h1-8,18,22H,9-13H2,(H,23,25);1H. The summed E-state index contributed by atoms with van der Waals surface area (Å²) >= 11 is 0. The van der Waals surface area contributed by atoms with E-state index in [4.69, 9.17) is 0 Å². The van der Waals surface area contributed by atoms with Gasteiger partial charge in [-0.15, -0.1) is 12.4 Å². The van der Waals surface area contributed by atoms with Gasteiger partial charge < -0.3 is 10.6 Å². The van der Waals surface area contributed by atoms with Crippen molar-refractivity contribution in [1.82, 2.24) is 15.5 Å². The van der Waals surface area contributed by atoms with Crippen LogP contribution in [0.1, 0.15) is 44.3 Å². The number of nitrogens with one attached hydrogen (secondary N) is 2. The Hall–Kier alpha value is -2.70. The lowest BCUT2D eigenvalue weighted by molar-refractivity contribution is -0.121. The smallest absolute Gasteiger partial charge is 0.261 e. The molecule has 4 rings (SSSR count). The van der Waals surface area contributed by atoms with Crippen LogP contribution in [0.3, 0.4) is 0 Å². The molecule has 2 aromatic rings. The van der Waals surface area contributed by atoms with Crippen molar-refractivity contribution in [2.75, 3.05) is 19.6 Å². The molecule has 0 spiro atoms. The monoisotopic (exact) mass is 399 g/mol. The highest BCUT2D eigenvalue weighted by molar-refractivity contribution is 6.21. The van der Waals surface area contributed by atoms with Crippen molar-refractivity contribution in [3.63, 3.8) is 0 Å². The minimum Gasteiger partial charge on any atom is -0.354 e. The Bertz CT molecular complexity index is 880. The van der Waals surface area contributed by atoms with Crippen molar-refractivity contribution in [3.8, 4) is 0 Å². The van der Waals surface area contributed by atoms with E-state index in [0.717, 1.165) is 17.9 Å². The largest absolute Gasteiger partial charge is 0.354 e. The van der Waals surface area contributed by atoms with Gasteiger partial charge in [-0.2, -0.15) is 0 Å².